The van der Waals surface area contributed by atoms with Gasteiger partial charge in [-0.05, 0) is 68.0 Å². The SMILES string of the molecule is CC1CCN(S(=O)(=O)c2ccc(NC(=O)c3ccccc3SCC3CCCO3)cc2)CC1. The number of hydrogen-bond donors (Lipinski definition) is 1. The van der Waals surface area contributed by atoms with E-state index in [1.165, 1.54) is 0 Å². The van der Waals surface area contributed by atoms with Crippen molar-refractivity contribution in [3.05, 3.63) is 54.1 Å². The Balaban J connectivity index is 1.41. The summed E-state index contributed by atoms with van der Waals surface area (Å²) in [5, 5.41) is 2.90. The maximum atomic E-state index is 12.9. The van der Waals surface area contributed by atoms with Gasteiger partial charge < -0.3 is 10.1 Å². The number of carbonyl (C=O) groups is 1. The second kappa shape index (κ2) is 10.4. The Labute approximate surface area is 194 Å². The van der Waals surface area contributed by atoms with Crippen LogP contribution in [0.3, 0.4) is 0 Å². The molecule has 2 aliphatic heterocycles. The van der Waals surface area contributed by atoms with Crippen molar-refractivity contribution in [2.24, 2.45) is 5.92 Å². The van der Waals surface area contributed by atoms with Crippen molar-refractivity contribution < 1.29 is 17.9 Å². The van der Waals surface area contributed by atoms with Crippen LogP contribution in [-0.2, 0) is 14.8 Å². The molecule has 2 heterocycles. The third-order valence-electron chi connectivity index (χ3n) is 6.07. The predicted octanol–water partition coefficient (Wildman–Crippen LogP) is 4.63. The largest absolute Gasteiger partial charge is 0.377 e. The number of nitrogens with one attached hydrogen (secondary N) is 1. The van der Waals surface area contributed by atoms with E-state index in [-0.39, 0.29) is 16.9 Å². The first kappa shape index (κ1) is 23.3. The molecule has 32 heavy (non-hydrogen) atoms. The molecule has 4 rings (SSSR count). The van der Waals surface area contributed by atoms with Crippen LogP contribution >= 0.6 is 11.8 Å². The van der Waals surface area contributed by atoms with Crippen LogP contribution in [0.15, 0.2) is 58.3 Å². The van der Waals surface area contributed by atoms with Gasteiger partial charge in [-0.3, -0.25) is 4.79 Å². The number of hydrogen-bond acceptors (Lipinski definition) is 5. The fraction of sp³-hybridized carbons (Fsp3) is 0.458. The van der Waals surface area contributed by atoms with Crippen LogP contribution in [-0.4, -0.2) is 50.2 Å². The molecule has 6 nitrogen and oxygen atoms in total. The summed E-state index contributed by atoms with van der Waals surface area (Å²) in [6, 6.07) is 14.0. The zero-order valence-corrected chi connectivity index (χ0v) is 20.0. The second-order valence-corrected chi connectivity index (χ2v) is 11.5. The molecule has 2 aliphatic rings. The molecule has 0 spiro atoms. The molecule has 8 heteroatoms. The van der Waals surface area contributed by atoms with Crippen LogP contribution in [0, 0.1) is 5.92 Å². The number of sulfonamides is 1. The monoisotopic (exact) mass is 474 g/mol. The first-order valence-electron chi connectivity index (χ1n) is 11.2. The Hall–Kier alpha value is -1.87. The van der Waals surface area contributed by atoms with Crippen LogP contribution in [0.25, 0.3) is 0 Å². The lowest BCUT2D eigenvalue weighted by Gasteiger charge is -2.29. The molecule has 2 saturated heterocycles. The summed E-state index contributed by atoms with van der Waals surface area (Å²) >= 11 is 1.63. The molecule has 1 unspecified atom stereocenters. The summed E-state index contributed by atoms with van der Waals surface area (Å²) in [7, 11) is -3.50. The minimum Gasteiger partial charge on any atom is -0.377 e. The van der Waals surface area contributed by atoms with Crippen molar-refractivity contribution in [2.75, 3.05) is 30.8 Å². The van der Waals surface area contributed by atoms with Crippen molar-refractivity contribution in [3.63, 3.8) is 0 Å². The number of amides is 1. The van der Waals surface area contributed by atoms with E-state index in [9.17, 15) is 13.2 Å². The zero-order valence-electron chi connectivity index (χ0n) is 18.3. The van der Waals surface area contributed by atoms with Crippen molar-refractivity contribution in [1.82, 2.24) is 4.31 Å². The Morgan fingerprint density at radius 2 is 1.81 bits per heavy atom. The number of nitrogens with zero attached hydrogens (tertiary/aromatic N) is 1. The number of rotatable bonds is 7. The molecule has 0 bridgehead atoms. The van der Waals surface area contributed by atoms with E-state index >= 15 is 0 Å². The molecule has 1 atom stereocenters. The molecule has 0 aromatic heterocycles. The van der Waals surface area contributed by atoms with Gasteiger partial charge in [0.15, 0.2) is 0 Å². The lowest BCUT2D eigenvalue weighted by atomic mass is 10.0. The van der Waals surface area contributed by atoms with Crippen molar-refractivity contribution in [1.29, 1.82) is 0 Å². The molecule has 2 aromatic rings. The molecule has 1 N–H and O–H groups in total. The van der Waals surface area contributed by atoms with Crippen molar-refractivity contribution in [3.8, 4) is 0 Å². The van der Waals surface area contributed by atoms with Gasteiger partial charge in [0.25, 0.3) is 5.91 Å². The molecule has 1 amide bonds. The minimum absolute atomic E-state index is 0.207. The highest BCUT2D eigenvalue weighted by Crippen LogP contribution is 2.28. The number of ether oxygens (including phenoxy) is 1. The third kappa shape index (κ3) is 5.54. The lowest BCUT2D eigenvalue weighted by Crippen LogP contribution is -2.37. The van der Waals surface area contributed by atoms with E-state index in [2.05, 4.69) is 12.2 Å². The van der Waals surface area contributed by atoms with Gasteiger partial charge in [-0.1, -0.05) is 19.1 Å². The van der Waals surface area contributed by atoms with Gasteiger partial charge in [0.1, 0.15) is 0 Å². The van der Waals surface area contributed by atoms with Gasteiger partial charge in [-0.2, -0.15) is 4.31 Å². The molecule has 2 aromatic carbocycles. The molecule has 0 saturated carbocycles. The molecule has 2 fully saturated rings. The maximum Gasteiger partial charge on any atom is 0.256 e. The molecular formula is C24H30N2O4S2. The molecule has 0 radical (unpaired) electrons. The van der Waals surface area contributed by atoms with Gasteiger partial charge in [0.05, 0.1) is 16.6 Å². The van der Waals surface area contributed by atoms with E-state index in [4.69, 9.17) is 4.74 Å². The average molecular weight is 475 g/mol. The first-order chi connectivity index (χ1) is 15.4. The van der Waals surface area contributed by atoms with Crippen LogP contribution in [0.5, 0.6) is 0 Å². The Morgan fingerprint density at radius 1 is 1.09 bits per heavy atom. The van der Waals surface area contributed by atoms with Crippen LogP contribution in [0.1, 0.15) is 43.0 Å². The van der Waals surface area contributed by atoms with Gasteiger partial charge in [0.2, 0.25) is 10.0 Å². The lowest BCUT2D eigenvalue weighted by molar-refractivity contribution is 0.102. The fourth-order valence-corrected chi connectivity index (χ4v) is 6.61. The van der Waals surface area contributed by atoms with Crippen molar-refractivity contribution in [2.45, 2.75) is 48.5 Å². The summed E-state index contributed by atoms with van der Waals surface area (Å²) in [4.78, 5) is 14.1. The van der Waals surface area contributed by atoms with Gasteiger partial charge in [-0.25, -0.2) is 8.42 Å². The number of carbonyl (C=O) groups excluding carboxylic acids is 1. The number of thioether (sulfide) groups is 1. The van der Waals surface area contributed by atoms with E-state index < -0.39 is 10.0 Å². The quantitative estimate of drug-likeness (QED) is 0.592. The number of benzene rings is 2. The van der Waals surface area contributed by atoms with Gasteiger partial charge in [-0.15, -0.1) is 11.8 Å². The van der Waals surface area contributed by atoms with E-state index in [0.717, 1.165) is 42.9 Å². The van der Waals surface area contributed by atoms with Crippen LogP contribution in [0.2, 0.25) is 0 Å². The highest BCUT2D eigenvalue weighted by atomic mass is 32.2. The maximum absolute atomic E-state index is 12.9. The summed E-state index contributed by atoms with van der Waals surface area (Å²) < 4.78 is 33.0. The number of anilines is 1. The predicted molar refractivity (Wildman–Crippen MR) is 128 cm³/mol. The minimum atomic E-state index is -3.50. The summed E-state index contributed by atoms with van der Waals surface area (Å²) in [6.45, 7) is 4.08. The Bertz CT molecular complexity index is 1030. The second-order valence-electron chi connectivity index (χ2n) is 8.51. The standard InChI is InChI=1S/C24H30N2O4S2/c1-18-12-14-26(15-13-18)32(28,29)21-10-8-19(9-11-21)25-24(27)22-6-2-3-7-23(22)31-17-20-5-4-16-30-20/h2-3,6-11,18,20H,4-5,12-17H2,1H3,(H,25,27). The fourth-order valence-electron chi connectivity index (χ4n) is 4.02. The van der Waals surface area contributed by atoms with Crippen LogP contribution < -0.4 is 5.32 Å². The Morgan fingerprint density at radius 3 is 2.50 bits per heavy atom. The van der Waals surface area contributed by atoms with E-state index in [0.29, 0.717) is 30.3 Å². The summed E-state index contributed by atoms with van der Waals surface area (Å²) in [6.07, 6.45) is 4.17. The zero-order chi connectivity index (χ0) is 22.6. The average Bonchev–Trinajstić information content (AvgIpc) is 3.32. The van der Waals surface area contributed by atoms with Gasteiger partial charge >= 0.3 is 0 Å². The molecular weight excluding hydrogens is 444 g/mol. The highest BCUT2D eigenvalue weighted by molar-refractivity contribution is 7.99. The smallest absolute Gasteiger partial charge is 0.256 e. The van der Waals surface area contributed by atoms with Crippen molar-refractivity contribution >= 4 is 33.4 Å². The number of piperidine rings is 1. The highest BCUT2D eigenvalue weighted by Gasteiger charge is 2.28. The third-order valence-corrected chi connectivity index (χ3v) is 9.19. The molecule has 0 aliphatic carbocycles. The van der Waals surface area contributed by atoms with Crippen LogP contribution in [0.4, 0.5) is 5.69 Å². The molecule has 172 valence electrons. The topological polar surface area (TPSA) is 75.7 Å². The first-order valence-corrected chi connectivity index (χ1v) is 13.6. The normalized spacial score (nSPS) is 20.3. The van der Waals surface area contributed by atoms with Gasteiger partial charge in [0, 0.05) is 36.0 Å². The van der Waals surface area contributed by atoms with E-state index in [1.54, 1.807) is 40.3 Å². The summed E-state index contributed by atoms with van der Waals surface area (Å²) in [5.41, 5.74) is 1.18. The van der Waals surface area contributed by atoms with E-state index in [1.807, 2.05) is 24.3 Å². The summed E-state index contributed by atoms with van der Waals surface area (Å²) in [5.74, 6) is 1.18. The Kier molecular flexibility index (Phi) is 7.55.